The van der Waals surface area contributed by atoms with Crippen LogP contribution in [0.3, 0.4) is 0 Å². The van der Waals surface area contributed by atoms with E-state index in [0.29, 0.717) is 25.4 Å². The van der Waals surface area contributed by atoms with Crippen LogP contribution in [0.5, 0.6) is 17.2 Å². The summed E-state index contributed by atoms with van der Waals surface area (Å²) < 4.78 is 10.6. The Morgan fingerprint density at radius 1 is 1.20 bits per heavy atom. The highest BCUT2D eigenvalue weighted by atomic mass is 16.5. The van der Waals surface area contributed by atoms with Crippen LogP contribution in [0.2, 0.25) is 0 Å². The number of carbonyl (C=O) groups excluding carboxylic acids is 1. The van der Waals surface area contributed by atoms with E-state index in [4.69, 9.17) is 15.2 Å². The molecular weight excluding hydrogens is 324 g/mol. The highest BCUT2D eigenvalue weighted by Gasteiger charge is 2.09. The minimum atomic E-state index is -0.719. The summed E-state index contributed by atoms with van der Waals surface area (Å²) >= 11 is 0. The molecule has 0 aliphatic heterocycles. The maximum absolute atomic E-state index is 11.2. The maximum atomic E-state index is 11.2. The number of aliphatic hydroxyl groups excluding tert-OH is 1. The molecule has 1 amide bonds. The summed E-state index contributed by atoms with van der Waals surface area (Å²) in [6, 6.07) is 11.5. The van der Waals surface area contributed by atoms with Crippen LogP contribution >= 0.6 is 0 Å². The van der Waals surface area contributed by atoms with Gasteiger partial charge in [-0.3, -0.25) is 4.79 Å². The summed E-state index contributed by atoms with van der Waals surface area (Å²) in [6.07, 6.45) is -0.638. The van der Waals surface area contributed by atoms with E-state index < -0.39 is 12.0 Å². The van der Waals surface area contributed by atoms with Crippen LogP contribution in [0.25, 0.3) is 0 Å². The van der Waals surface area contributed by atoms with Crippen LogP contribution in [-0.4, -0.2) is 42.9 Å². The number of aromatic hydroxyl groups is 1. The molecule has 7 heteroatoms. The second-order valence-corrected chi connectivity index (χ2v) is 5.38. The largest absolute Gasteiger partial charge is 0.507 e. The van der Waals surface area contributed by atoms with Crippen molar-refractivity contribution < 1.29 is 24.5 Å². The highest BCUT2D eigenvalue weighted by molar-refractivity contribution is 5.95. The fourth-order valence-corrected chi connectivity index (χ4v) is 2.23. The van der Waals surface area contributed by atoms with Crippen LogP contribution in [-0.2, 0) is 0 Å². The average Bonchev–Trinajstić information content (AvgIpc) is 2.62. The molecule has 134 valence electrons. The first kappa shape index (κ1) is 18.6. The van der Waals surface area contributed by atoms with Crippen molar-refractivity contribution in [2.75, 3.05) is 26.8 Å². The van der Waals surface area contributed by atoms with Crippen LogP contribution in [0.1, 0.15) is 22.0 Å². The molecule has 0 radical (unpaired) electrons. The van der Waals surface area contributed by atoms with Gasteiger partial charge >= 0.3 is 0 Å². The Morgan fingerprint density at radius 3 is 2.52 bits per heavy atom. The molecular formula is C18H22N2O5. The molecule has 2 aromatic rings. The van der Waals surface area contributed by atoms with Crippen LogP contribution in [0, 0.1) is 0 Å². The number of rotatable bonds is 9. The standard InChI is InChI=1S/C18H22N2O5/c1-24-13-4-2-12(3-5-13)17(22)11-20-8-9-25-14-6-7-16(21)15(10-14)18(19)23/h2-7,10,17,20-22H,8-9,11H2,1H3,(H2,19,23). The van der Waals surface area contributed by atoms with Gasteiger partial charge in [0.15, 0.2) is 0 Å². The lowest BCUT2D eigenvalue weighted by atomic mass is 10.1. The van der Waals surface area contributed by atoms with Gasteiger partial charge in [-0.1, -0.05) is 12.1 Å². The predicted octanol–water partition coefficient (Wildman–Crippen LogP) is 1.20. The van der Waals surface area contributed by atoms with Gasteiger partial charge in [-0.15, -0.1) is 0 Å². The Balaban J connectivity index is 1.74. The first-order chi connectivity index (χ1) is 12.0. The number of methoxy groups -OCH3 is 1. The van der Waals surface area contributed by atoms with E-state index in [-0.39, 0.29) is 11.3 Å². The molecule has 0 bridgehead atoms. The van der Waals surface area contributed by atoms with Crippen molar-refractivity contribution in [3.05, 3.63) is 53.6 Å². The van der Waals surface area contributed by atoms with E-state index in [0.717, 1.165) is 11.3 Å². The van der Waals surface area contributed by atoms with E-state index in [1.54, 1.807) is 25.3 Å². The van der Waals surface area contributed by atoms with Crippen molar-refractivity contribution in [2.24, 2.45) is 5.73 Å². The highest BCUT2D eigenvalue weighted by Crippen LogP contribution is 2.22. The summed E-state index contributed by atoms with van der Waals surface area (Å²) in [5.41, 5.74) is 5.97. The fraction of sp³-hybridized carbons (Fsp3) is 0.278. The van der Waals surface area contributed by atoms with Gasteiger partial charge in [0.05, 0.1) is 18.8 Å². The van der Waals surface area contributed by atoms with Gasteiger partial charge in [-0.2, -0.15) is 0 Å². The zero-order chi connectivity index (χ0) is 18.2. The Morgan fingerprint density at radius 2 is 1.88 bits per heavy atom. The number of ether oxygens (including phenoxy) is 2. The van der Waals surface area contributed by atoms with Gasteiger partial charge in [0, 0.05) is 13.1 Å². The van der Waals surface area contributed by atoms with Crippen molar-refractivity contribution >= 4 is 5.91 Å². The smallest absolute Gasteiger partial charge is 0.252 e. The van der Waals surface area contributed by atoms with Gasteiger partial charge in [0.25, 0.3) is 5.91 Å². The first-order valence-corrected chi connectivity index (χ1v) is 7.79. The van der Waals surface area contributed by atoms with E-state index in [1.165, 1.54) is 12.1 Å². The summed E-state index contributed by atoms with van der Waals surface area (Å²) in [5, 5.41) is 22.7. The van der Waals surface area contributed by atoms with Crippen molar-refractivity contribution in [3.8, 4) is 17.2 Å². The zero-order valence-corrected chi connectivity index (χ0v) is 13.9. The molecule has 0 fully saturated rings. The summed E-state index contributed by atoms with van der Waals surface area (Å²) in [7, 11) is 1.59. The lowest BCUT2D eigenvalue weighted by Gasteiger charge is -2.13. The second kappa shape index (κ2) is 8.91. The minimum absolute atomic E-state index is 0.0142. The Bertz CT molecular complexity index is 703. The molecule has 5 N–H and O–H groups in total. The van der Waals surface area contributed by atoms with Gasteiger partial charge in [-0.05, 0) is 35.9 Å². The molecule has 0 aromatic heterocycles. The first-order valence-electron chi connectivity index (χ1n) is 7.79. The van der Waals surface area contributed by atoms with Crippen molar-refractivity contribution in [2.45, 2.75) is 6.10 Å². The summed E-state index contributed by atoms with van der Waals surface area (Å²) in [6.45, 7) is 1.20. The third kappa shape index (κ3) is 5.37. The predicted molar refractivity (Wildman–Crippen MR) is 92.9 cm³/mol. The number of amides is 1. The normalized spacial score (nSPS) is 11.8. The molecule has 0 saturated carbocycles. The van der Waals surface area contributed by atoms with Crippen LogP contribution in [0.4, 0.5) is 0 Å². The fourth-order valence-electron chi connectivity index (χ4n) is 2.23. The summed E-state index contributed by atoms with van der Waals surface area (Å²) in [4.78, 5) is 11.2. The molecule has 0 aliphatic rings. The third-order valence-corrected chi connectivity index (χ3v) is 3.62. The van der Waals surface area contributed by atoms with Crippen molar-refractivity contribution in [1.29, 1.82) is 0 Å². The molecule has 1 atom stereocenters. The number of carbonyl (C=O) groups is 1. The van der Waals surface area contributed by atoms with Gasteiger partial charge in [0.2, 0.25) is 0 Å². The molecule has 7 nitrogen and oxygen atoms in total. The maximum Gasteiger partial charge on any atom is 0.252 e. The SMILES string of the molecule is COc1ccc(C(O)CNCCOc2ccc(O)c(C(N)=O)c2)cc1. The molecule has 25 heavy (non-hydrogen) atoms. The number of benzene rings is 2. The van der Waals surface area contributed by atoms with E-state index in [1.807, 2.05) is 12.1 Å². The number of nitrogens with two attached hydrogens (primary N) is 1. The average molecular weight is 346 g/mol. The Labute approximate surface area is 146 Å². The van der Waals surface area contributed by atoms with Gasteiger partial charge in [-0.25, -0.2) is 0 Å². The van der Waals surface area contributed by atoms with E-state index >= 15 is 0 Å². The Kier molecular flexibility index (Phi) is 6.62. The molecule has 1 unspecified atom stereocenters. The lowest BCUT2D eigenvalue weighted by Crippen LogP contribution is -2.26. The molecule has 0 spiro atoms. The number of aliphatic hydroxyl groups is 1. The molecule has 2 aromatic carbocycles. The Hall–Kier alpha value is -2.77. The number of phenols is 1. The third-order valence-electron chi connectivity index (χ3n) is 3.62. The second-order valence-electron chi connectivity index (χ2n) is 5.38. The molecule has 2 rings (SSSR count). The van der Waals surface area contributed by atoms with Crippen LogP contribution in [0.15, 0.2) is 42.5 Å². The zero-order valence-electron chi connectivity index (χ0n) is 13.9. The molecule has 0 heterocycles. The lowest BCUT2D eigenvalue weighted by molar-refractivity contribution is 0.0997. The quantitative estimate of drug-likeness (QED) is 0.507. The van der Waals surface area contributed by atoms with E-state index in [2.05, 4.69) is 5.32 Å². The number of hydrogen-bond donors (Lipinski definition) is 4. The topological polar surface area (TPSA) is 114 Å². The number of nitrogens with one attached hydrogen (secondary N) is 1. The summed E-state index contributed by atoms with van der Waals surface area (Å²) in [5.74, 6) is 0.273. The van der Waals surface area contributed by atoms with Gasteiger partial charge < -0.3 is 30.7 Å². The number of primary amides is 1. The molecule has 0 aliphatic carbocycles. The minimum Gasteiger partial charge on any atom is -0.507 e. The van der Waals surface area contributed by atoms with E-state index in [9.17, 15) is 15.0 Å². The molecule has 0 saturated heterocycles. The van der Waals surface area contributed by atoms with Gasteiger partial charge in [0.1, 0.15) is 23.9 Å². The monoisotopic (exact) mass is 346 g/mol. The van der Waals surface area contributed by atoms with Crippen molar-refractivity contribution in [3.63, 3.8) is 0 Å². The van der Waals surface area contributed by atoms with Crippen LogP contribution < -0.4 is 20.5 Å². The number of hydrogen-bond acceptors (Lipinski definition) is 6. The van der Waals surface area contributed by atoms with Crippen molar-refractivity contribution in [1.82, 2.24) is 5.32 Å².